The van der Waals surface area contributed by atoms with Crippen molar-refractivity contribution in [2.75, 3.05) is 23.9 Å². The van der Waals surface area contributed by atoms with Crippen molar-refractivity contribution in [3.63, 3.8) is 0 Å². The first-order valence-electron chi connectivity index (χ1n) is 9.78. The van der Waals surface area contributed by atoms with Gasteiger partial charge in [-0.15, -0.1) is 11.3 Å². The van der Waals surface area contributed by atoms with E-state index in [9.17, 15) is 9.59 Å². The van der Waals surface area contributed by atoms with Crippen LogP contribution in [0.4, 0.5) is 11.4 Å². The fourth-order valence-corrected chi connectivity index (χ4v) is 4.98. The standard InChI is InChI=1S/C23H20N2O4S/c1-28-19-12-15(8-9-17(19)25-10-4-7-21(25)26)24-23(27)20-11-14-13-29-18-6-3-2-5-16(18)22(14)30-20/h2-3,5-6,8-9,11-12H,4,7,10,13H2,1H3,(H,24,27). The van der Waals surface area contributed by atoms with Crippen LogP contribution in [0.1, 0.15) is 28.1 Å². The van der Waals surface area contributed by atoms with Crippen LogP contribution in [0.15, 0.2) is 48.5 Å². The number of methoxy groups -OCH3 is 1. The van der Waals surface area contributed by atoms with Crippen LogP contribution in [0.25, 0.3) is 10.4 Å². The molecule has 1 saturated heterocycles. The fourth-order valence-electron chi connectivity index (χ4n) is 3.89. The highest BCUT2D eigenvalue weighted by molar-refractivity contribution is 7.17. The maximum absolute atomic E-state index is 12.9. The second-order valence-electron chi connectivity index (χ2n) is 7.24. The van der Waals surface area contributed by atoms with Gasteiger partial charge >= 0.3 is 0 Å². The Morgan fingerprint density at radius 1 is 1.20 bits per heavy atom. The molecule has 1 fully saturated rings. The summed E-state index contributed by atoms with van der Waals surface area (Å²) in [7, 11) is 1.57. The predicted molar refractivity (Wildman–Crippen MR) is 117 cm³/mol. The van der Waals surface area contributed by atoms with Crippen LogP contribution in [0.2, 0.25) is 0 Å². The average Bonchev–Trinajstić information content (AvgIpc) is 3.40. The number of benzene rings is 2. The number of nitrogens with zero attached hydrogens (tertiary/aromatic N) is 1. The normalized spacial score (nSPS) is 14.7. The molecule has 3 aromatic rings. The first-order chi connectivity index (χ1) is 14.6. The lowest BCUT2D eigenvalue weighted by molar-refractivity contribution is -0.117. The zero-order valence-electron chi connectivity index (χ0n) is 16.4. The van der Waals surface area contributed by atoms with Crippen molar-refractivity contribution in [2.24, 2.45) is 0 Å². The summed E-state index contributed by atoms with van der Waals surface area (Å²) in [6.07, 6.45) is 1.40. The Labute approximate surface area is 178 Å². The first-order valence-corrected chi connectivity index (χ1v) is 10.6. The predicted octanol–water partition coefficient (Wildman–Crippen LogP) is 4.70. The Hall–Kier alpha value is -3.32. The smallest absolute Gasteiger partial charge is 0.265 e. The van der Waals surface area contributed by atoms with Gasteiger partial charge in [0.1, 0.15) is 18.1 Å². The van der Waals surface area contributed by atoms with Crippen LogP contribution in [-0.4, -0.2) is 25.5 Å². The van der Waals surface area contributed by atoms with Crippen LogP contribution < -0.4 is 19.7 Å². The van der Waals surface area contributed by atoms with E-state index in [0.717, 1.165) is 33.9 Å². The van der Waals surface area contributed by atoms with Gasteiger partial charge in [0.2, 0.25) is 5.91 Å². The van der Waals surface area contributed by atoms with E-state index in [-0.39, 0.29) is 11.8 Å². The number of hydrogen-bond donors (Lipinski definition) is 1. The van der Waals surface area contributed by atoms with Crippen molar-refractivity contribution in [2.45, 2.75) is 19.4 Å². The topological polar surface area (TPSA) is 67.9 Å². The molecule has 152 valence electrons. The molecular formula is C23H20N2O4S. The lowest BCUT2D eigenvalue weighted by Gasteiger charge is -2.19. The van der Waals surface area contributed by atoms with Crippen molar-refractivity contribution < 1.29 is 19.1 Å². The minimum atomic E-state index is -0.182. The minimum Gasteiger partial charge on any atom is -0.494 e. The molecule has 0 radical (unpaired) electrons. The number of rotatable bonds is 4. The molecule has 2 aromatic carbocycles. The van der Waals surface area contributed by atoms with Crippen LogP contribution in [0.3, 0.4) is 0 Å². The Balaban J connectivity index is 1.39. The van der Waals surface area contributed by atoms with Gasteiger partial charge in [-0.2, -0.15) is 0 Å². The van der Waals surface area contributed by atoms with Gasteiger partial charge in [-0.3, -0.25) is 9.59 Å². The number of para-hydroxylation sites is 1. The van der Waals surface area contributed by atoms with Crippen molar-refractivity contribution in [1.82, 2.24) is 0 Å². The van der Waals surface area contributed by atoms with Crippen LogP contribution in [0.5, 0.6) is 11.5 Å². The van der Waals surface area contributed by atoms with Crippen LogP contribution >= 0.6 is 11.3 Å². The van der Waals surface area contributed by atoms with Crippen molar-refractivity contribution in [3.8, 4) is 21.9 Å². The molecule has 30 heavy (non-hydrogen) atoms. The van der Waals surface area contributed by atoms with Gasteiger partial charge in [0.05, 0.1) is 17.7 Å². The highest BCUT2D eigenvalue weighted by Gasteiger charge is 2.25. The van der Waals surface area contributed by atoms with Gasteiger partial charge in [0, 0.05) is 40.7 Å². The summed E-state index contributed by atoms with van der Waals surface area (Å²) in [4.78, 5) is 28.4. The van der Waals surface area contributed by atoms with E-state index in [2.05, 4.69) is 5.32 Å². The third-order valence-corrected chi connectivity index (χ3v) is 6.56. The summed E-state index contributed by atoms with van der Waals surface area (Å²) >= 11 is 1.46. The van der Waals surface area contributed by atoms with E-state index >= 15 is 0 Å². The van der Waals surface area contributed by atoms with Gasteiger partial charge in [0.25, 0.3) is 5.91 Å². The summed E-state index contributed by atoms with van der Waals surface area (Å²) in [5, 5.41) is 2.94. The Morgan fingerprint density at radius 2 is 2.07 bits per heavy atom. The van der Waals surface area contributed by atoms with Gasteiger partial charge in [-0.05, 0) is 36.8 Å². The number of fused-ring (bicyclic) bond motifs is 3. The molecule has 1 aromatic heterocycles. The highest BCUT2D eigenvalue weighted by Crippen LogP contribution is 2.42. The quantitative estimate of drug-likeness (QED) is 0.665. The second-order valence-corrected chi connectivity index (χ2v) is 8.29. The van der Waals surface area contributed by atoms with E-state index in [1.54, 1.807) is 24.1 Å². The molecule has 2 aliphatic rings. The SMILES string of the molecule is COc1cc(NC(=O)c2cc3c(s2)-c2ccccc2OC3)ccc1N1CCCC1=O. The fraction of sp³-hybridized carbons (Fsp3) is 0.217. The Kier molecular flexibility index (Phi) is 4.67. The van der Waals surface area contributed by atoms with E-state index in [0.29, 0.717) is 35.9 Å². The molecule has 0 saturated carbocycles. The summed E-state index contributed by atoms with van der Waals surface area (Å²) in [6.45, 7) is 1.15. The molecule has 0 unspecified atom stereocenters. The van der Waals surface area contributed by atoms with E-state index < -0.39 is 0 Å². The maximum Gasteiger partial charge on any atom is 0.265 e. The zero-order chi connectivity index (χ0) is 20.7. The summed E-state index contributed by atoms with van der Waals surface area (Å²) in [6, 6.07) is 15.1. The molecule has 0 spiro atoms. The third-order valence-electron chi connectivity index (χ3n) is 5.35. The van der Waals surface area contributed by atoms with Gasteiger partial charge in [0.15, 0.2) is 0 Å². The second kappa shape index (κ2) is 7.50. The number of carbonyl (C=O) groups is 2. The Bertz CT molecular complexity index is 1150. The van der Waals surface area contributed by atoms with E-state index in [1.165, 1.54) is 11.3 Å². The molecule has 0 bridgehead atoms. The molecule has 1 N–H and O–H groups in total. The third kappa shape index (κ3) is 3.21. The summed E-state index contributed by atoms with van der Waals surface area (Å²) in [5.41, 5.74) is 3.39. The van der Waals surface area contributed by atoms with Gasteiger partial charge in [-0.25, -0.2) is 0 Å². The molecule has 5 rings (SSSR count). The lowest BCUT2D eigenvalue weighted by Crippen LogP contribution is -2.24. The number of hydrogen-bond acceptors (Lipinski definition) is 5. The van der Waals surface area contributed by atoms with Gasteiger partial charge in [-0.1, -0.05) is 12.1 Å². The molecule has 6 nitrogen and oxygen atoms in total. The van der Waals surface area contributed by atoms with Crippen molar-refractivity contribution in [1.29, 1.82) is 0 Å². The largest absolute Gasteiger partial charge is 0.494 e. The first kappa shape index (κ1) is 18.7. The zero-order valence-corrected chi connectivity index (χ0v) is 17.3. The van der Waals surface area contributed by atoms with Crippen LogP contribution in [0, 0.1) is 0 Å². The molecule has 0 atom stereocenters. The number of thiophene rings is 1. The average molecular weight is 420 g/mol. The summed E-state index contributed by atoms with van der Waals surface area (Å²) in [5.74, 6) is 1.32. The summed E-state index contributed by atoms with van der Waals surface area (Å²) < 4.78 is 11.3. The monoisotopic (exact) mass is 420 g/mol. The van der Waals surface area contributed by atoms with Crippen LogP contribution in [-0.2, 0) is 11.4 Å². The molecule has 7 heteroatoms. The van der Waals surface area contributed by atoms with Crippen molar-refractivity contribution >= 4 is 34.5 Å². The number of ether oxygens (including phenoxy) is 2. The number of amides is 2. The molecule has 2 amide bonds. The Morgan fingerprint density at radius 3 is 2.87 bits per heavy atom. The van der Waals surface area contributed by atoms with Gasteiger partial charge < -0.3 is 19.7 Å². The van der Waals surface area contributed by atoms with Crippen molar-refractivity contribution in [3.05, 3.63) is 59.0 Å². The molecule has 2 aliphatic heterocycles. The number of anilines is 2. The van der Waals surface area contributed by atoms with E-state index in [1.807, 2.05) is 36.4 Å². The highest BCUT2D eigenvalue weighted by atomic mass is 32.1. The molecule has 0 aliphatic carbocycles. The molecule has 3 heterocycles. The molecular weight excluding hydrogens is 400 g/mol. The maximum atomic E-state index is 12.9. The minimum absolute atomic E-state index is 0.0942. The lowest BCUT2D eigenvalue weighted by atomic mass is 10.1. The number of carbonyl (C=O) groups excluding carboxylic acids is 2. The van der Waals surface area contributed by atoms with E-state index in [4.69, 9.17) is 9.47 Å². The number of nitrogens with one attached hydrogen (secondary N) is 1.